The van der Waals surface area contributed by atoms with Crippen LogP contribution in [-0.4, -0.2) is 57.0 Å². The van der Waals surface area contributed by atoms with E-state index in [1.807, 2.05) is 6.20 Å². The highest BCUT2D eigenvalue weighted by Gasteiger charge is 2.15. The first kappa shape index (κ1) is 21.9. The summed E-state index contributed by atoms with van der Waals surface area (Å²) in [6.45, 7) is 3.76. The van der Waals surface area contributed by atoms with E-state index in [0.29, 0.717) is 6.61 Å². The number of fused-ring (bicyclic) bond motifs is 1. The highest BCUT2D eigenvalue weighted by atomic mass is 127. The van der Waals surface area contributed by atoms with Gasteiger partial charge in [-0.1, -0.05) is 0 Å². The number of guanidine groups is 1. The third kappa shape index (κ3) is 6.62. The number of ether oxygens (including phenoxy) is 2. The molecule has 3 rings (SSSR count). The fraction of sp³-hybridized carbons (Fsp3) is 0.526. The minimum atomic E-state index is -0.213. The Kier molecular flexibility index (Phi) is 9.29. The van der Waals surface area contributed by atoms with Crippen LogP contribution in [0.1, 0.15) is 18.4 Å². The van der Waals surface area contributed by atoms with Crippen LogP contribution in [0.4, 0.5) is 4.39 Å². The van der Waals surface area contributed by atoms with E-state index in [9.17, 15) is 4.39 Å². The number of hydrogen-bond donors (Lipinski definition) is 3. The Labute approximate surface area is 176 Å². The number of nitrogens with zero attached hydrogens (tertiary/aromatic N) is 1. The Balaban J connectivity index is 0.00000261. The first-order chi connectivity index (χ1) is 12.8. The number of rotatable bonds is 8. The van der Waals surface area contributed by atoms with Gasteiger partial charge in [-0.15, -0.1) is 24.0 Å². The van der Waals surface area contributed by atoms with Crippen LogP contribution in [0.5, 0.6) is 0 Å². The van der Waals surface area contributed by atoms with Gasteiger partial charge in [0.05, 0.1) is 12.7 Å². The number of aliphatic imine (C=N–C) groups is 1. The molecule has 27 heavy (non-hydrogen) atoms. The maximum Gasteiger partial charge on any atom is 0.190 e. The first-order valence-electron chi connectivity index (χ1n) is 9.15. The smallest absolute Gasteiger partial charge is 0.190 e. The van der Waals surface area contributed by atoms with Crippen LogP contribution in [0.15, 0.2) is 29.4 Å². The van der Waals surface area contributed by atoms with Gasteiger partial charge in [-0.25, -0.2) is 4.39 Å². The molecule has 0 amide bonds. The number of halogens is 2. The molecule has 150 valence electrons. The molecule has 1 saturated heterocycles. The van der Waals surface area contributed by atoms with Gasteiger partial charge in [0.2, 0.25) is 0 Å². The Bertz CT molecular complexity index is 732. The van der Waals surface area contributed by atoms with Crippen molar-refractivity contribution in [1.29, 1.82) is 0 Å². The number of aromatic amines is 1. The van der Waals surface area contributed by atoms with Crippen LogP contribution < -0.4 is 10.6 Å². The van der Waals surface area contributed by atoms with Gasteiger partial charge in [0.25, 0.3) is 0 Å². The molecule has 1 aromatic carbocycles. The van der Waals surface area contributed by atoms with Gasteiger partial charge >= 0.3 is 0 Å². The van der Waals surface area contributed by atoms with Gasteiger partial charge < -0.3 is 25.1 Å². The summed E-state index contributed by atoms with van der Waals surface area (Å²) in [6.07, 6.45) is 4.89. The van der Waals surface area contributed by atoms with E-state index in [1.165, 1.54) is 6.07 Å². The first-order valence-corrected chi connectivity index (χ1v) is 9.15. The van der Waals surface area contributed by atoms with E-state index < -0.39 is 0 Å². The fourth-order valence-corrected chi connectivity index (χ4v) is 3.07. The maximum absolute atomic E-state index is 13.4. The fourth-order valence-electron chi connectivity index (χ4n) is 3.07. The molecule has 0 aliphatic carbocycles. The predicted molar refractivity (Wildman–Crippen MR) is 117 cm³/mol. The van der Waals surface area contributed by atoms with Crippen molar-refractivity contribution in [3.8, 4) is 0 Å². The van der Waals surface area contributed by atoms with Crippen molar-refractivity contribution in [2.75, 3.05) is 40.0 Å². The van der Waals surface area contributed by atoms with E-state index in [0.717, 1.165) is 68.0 Å². The summed E-state index contributed by atoms with van der Waals surface area (Å²) in [7, 11) is 1.75. The van der Waals surface area contributed by atoms with E-state index in [-0.39, 0.29) is 35.9 Å². The van der Waals surface area contributed by atoms with Crippen LogP contribution in [-0.2, 0) is 15.9 Å². The molecule has 0 bridgehead atoms. The molecule has 1 aliphatic heterocycles. The minimum absolute atomic E-state index is 0. The molecule has 1 atom stereocenters. The summed E-state index contributed by atoms with van der Waals surface area (Å²) in [5.41, 5.74) is 2.05. The lowest BCUT2D eigenvalue weighted by Crippen LogP contribution is -2.39. The zero-order valence-corrected chi connectivity index (χ0v) is 17.9. The van der Waals surface area contributed by atoms with Crippen molar-refractivity contribution >= 4 is 40.8 Å². The Morgan fingerprint density at radius 3 is 3.00 bits per heavy atom. The quantitative estimate of drug-likeness (QED) is 0.231. The second kappa shape index (κ2) is 11.5. The Hall–Kier alpha value is -1.39. The zero-order valence-electron chi connectivity index (χ0n) is 15.6. The largest absolute Gasteiger partial charge is 0.379 e. The third-order valence-corrected chi connectivity index (χ3v) is 4.49. The van der Waals surface area contributed by atoms with Crippen molar-refractivity contribution in [2.45, 2.75) is 25.4 Å². The average Bonchev–Trinajstić information content (AvgIpc) is 3.30. The summed E-state index contributed by atoms with van der Waals surface area (Å²) >= 11 is 0. The monoisotopic (exact) mass is 490 g/mol. The molecule has 0 spiro atoms. The molecule has 0 radical (unpaired) electrons. The van der Waals surface area contributed by atoms with Crippen molar-refractivity contribution in [1.82, 2.24) is 15.6 Å². The van der Waals surface area contributed by atoms with E-state index in [2.05, 4.69) is 20.6 Å². The lowest BCUT2D eigenvalue weighted by Gasteiger charge is -2.13. The molecule has 1 unspecified atom stereocenters. The molecule has 2 heterocycles. The number of H-pyrrole nitrogens is 1. The van der Waals surface area contributed by atoms with Gasteiger partial charge in [0.15, 0.2) is 5.96 Å². The van der Waals surface area contributed by atoms with Gasteiger partial charge in [-0.2, -0.15) is 0 Å². The molecule has 1 fully saturated rings. The molecule has 3 N–H and O–H groups in total. The second-order valence-corrected chi connectivity index (χ2v) is 6.39. The maximum atomic E-state index is 13.4. The number of nitrogens with one attached hydrogen (secondary N) is 3. The Morgan fingerprint density at radius 2 is 2.22 bits per heavy atom. The van der Waals surface area contributed by atoms with Gasteiger partial charge in [-0.05, 0) is 43.0 Å². The lowest BCUT2D eigenvalue weighted by molar-refractivity contribution is 0.0420. The average molecular weight is 490 g/mol. The molecule has 8 heteroatoms. The molecule has 6 nitrogen and oxygen atoms in total. The number of benzene rings is 1. The third-order valence-electron chi connectivity index (χ3n) is 4.49. The van der Waals surface area contributed by atoms with Crippen molar-refractivity contribution < 1.29 is 13.9 Å². The van der Waals surface area contributed by atoms with Crippen molar-refractivity contribution in [3.63, 3.8) is 0 Å². The minimum Gasteiger partial charge on any atom is -0.379 e. The normalized spacial score (nSPS) is 17.1. The number of aromatic nitrogens is 1. The van der Waals surface area contributed by atoms with Gasteiger partial charge in [0, 0.05) is 50.5 Å². The van der Waals surface area contributed by atoms with Crippen LogP contribution in [0.2, 0.25) is 0 Å². The highest BCUT2D eigenvalue weighted by molar-refractivity contribution is 14.0. The van der Waals surface area contributed by atoms with E-state index in [4.69, 9.17) is 9.47 Å². The second-order valence-electron chi connectivity index (χ2n) is 6.39. The predicted octanol–water partition coefficient (Wildman–Crippen LogP) is 2.83. The van der Waals surface area contributed by atoms with Crippen LogP contribution in [0.25, 0.3) is 10.9 Å². The highest BCUT2D eigenvalue weighted by Crippen LogP contribution is 2.19. The van der Waals surface area contributed by atoms with E-state index >= 15 is 0 Å². The summed E-state index contributed by atoms with van der Waals surface area (Å²) in [5, 5.41) is 7.50. The summed E-state index contributed by atoms with van der Waals surface area (Å²) in [4.78, 5) is 7.40. The molecular formula is C19H28FIN4O2. The molecule has 0 saturated carbocycles. The molecular weight excluding hydrogens is 462 g/mol. The topological polar surface area (TPSA) is 70.7 Å². The van der Waals surface area contributed by atoms with Crippen LogP contribution in [0, 0.1) is 5.82 Å². The van der Waals surface area contributed by atoms with Gasteiger partial charge in [-0.3, -0.25) is 4.99 Å². The van der Waals surface area contributed by atoms with E-state index in [1.54, 1.807) is 19.2 Å². The summed E-state index contributed by atoms with van der Waals surface area (Å²) in [6, 6.07) is 4.81. The van der Waals surface area contributed by atoms with Crippen molar-refractivity contribution in [2.24, 2.45) is 4.99 Å². The molecule has 1 aromatic heterocycles. The van der Waals surface area contributed by atoms with Gasteiger partial charge in [0.1, 0.15) is 5.82 Å². The SMILES string of the molecule is CN=C(NCCCOC1CCOC1)NCCc1c[nH]c2ccc(F)cc12.I. The zero-order chi connectivity index (χ0) is 18.2. The van der Waals surface area contributed by atoms with Crippen molar-refractivity contribution in [3.05, 3.63) is 35.8 Å². The molecule has 2 aromatic rings. The molecule has 1 aliphatic rings. The van der Waals surface area contributed by atoms with Crippen LogP contribution in [0.3, 0.4) is 0 Å². The Morgan fingerprint density at radius 1 is 1.37 bits per heavy atom. The standard InChI is InChI=1S/C19H27FN4O2.HI/c1-21-19(22-7-2-9-26-16-6-10-25-13-16)23-8-5-14-12-24-18-4-3-15(20)11-17(14)18;/h3-4,11-12,16,24H,2,5-10,13H2,1H3,(H2,21,22,23);1H. The summed E-state index contributed by atoms with van der Waals surface area (Å²) < 4.78 is 24.4. The van der Waals surface area contributed by atoms with Crippen LogP contribution >= 0.6 is 24.0 Å². The number of hydrogen-bond acceptors (Lipinski definition) is 3. The lowest BCUT2D eigenvalue weighted by atomic mass is 10.1. The summed E-state index contributed by atoms with van der Waals surface area (Å²) in [5.74, 6) is 0.551.